The van der Waals surface area contributed by atoms with Crippen LogP contribution in [0.25, 0.3) is 0 Å². The maximum Gasteiger partial charge on any atom is 0.216 e. The number of rotatable bonds is 4. The second kappa shape index (κ2) is 5.97. The van der Waals surface area contributed by atoms with Gasteiger partial charge in [-0.3, -0.25) is 9.48 Å². The van der Waals surface area contributed by atoms with Gasteiger partial charge in [-0.2, -0.15) is 5.10 Å². The van der Waals surface area contributed by atoms with Crippen LogP contribution in [0, 0.1) is 0 Å². The van der Waals surface area contributed by atoms with E-state index in [0.29, 0.717) is 22.0 Å². The number of carbonyl (C=O) groups excluding carboxylic acids is 1. The average molecular weight is 358 g/mol. The summed E-state index contributed by atoms with van der Waals surface area (Å²) < 4.78 is 7.66. The number of aromatic nitrogens is 2. The first-order chi connectivity index (χ1) is 9.45. The second-order valence-electron chi connectivity index (χ2n) is 4.55. The molecule has 2 aromatic rings. The summed E-state index contributed by atoms with van der Waals surface area (Å²) in [5.74, 6) is 0.235. The van der Waals surface area contributed by atoms with Crippen LogP contribution in [0.3, 0.4) is 0 Å². The Hall–Kier alpha value is -1.33. The number of hydrogen-bond acceptors (Lipinski definition) is 3. The van der Waals surface area contributed by atoms with E-state index < -0.39 is 0 Å². The van der Waals surface area contributed by atoms with Gasteiger partial charge >= 0.3 is 0 Å². The molecular weight excluding hydrogens is 344 g/mol. The number of nitrogens with zero attached hydrogens (tertiary/aromatic N) is 2. The first-order valence-electron chi connectivity index (χ1n) is 6.07. The first kappa shape index (κ1) is 15.1. The molecule has 0 fully saturated rings. The fourth-order valence-corrected chi connectivity index (χ4v) is 2.47. The van der Waals surface area contributed by atoms with Crippen molar-refractivity contribution in [3.8, 4) is 5.75 Å². The molecule has 20 heavy (non-hydrogen) atoms. The molecule has 1 aromatic heterocycles. The van der Waals surface area contributed by atoms with Gasteiger partial charge in [-0.05, 0) is 32.0 Å². The highest BCUT2D eigenvalue weighted by Gasteiger charge is 2.24. The predicted molar refractivity (Wildman–Crippen MR) is 81.7 cm³/mol. The quantitative estimate of drug-likeness (QED) is 0.773. The Morgan fingerprint density at radius 3 is 2.75 bits per heavy atom. The summed E-state index contributed by atoms with van der Waals surface area (Å²) in [6.07, 6.45) is 1.54. The number of methoxy groups -OCH3 is 1. The van der Waals surface area contributed by atoms with Gasteiger partial charge in [0.05, 0.1) is 18.3 Å². The summed E-state index contributed by atoms with van der Waals surface area (Å²) >= 11 is 9.47. The number of ether oxygens (including phenoxy) is 1. The second-order valence-corrected chi connectivity index (χ2v) is 5.88. The van der Waals surface area contributed by atoms with Crippen molar-refractivity contribution < 1.29 is 9.53 Å². The molecule has 1 heterocycles. The standard InChI is InChI=1S/C14H14BrClN2O2/c1-8(2)18-13(12(20-3)7-17-18)14(19)10-6-9(15)4-5-11(10)16/h4-8H,1-3H3. The van der Waals surface area contributed by atoms with E-state index in [1.54, 1.807) is 29.1 Å². The van der Waals surface area contributed by atoms with E-state index in [1.165, 1.54) is 7.11 Å². The molecule has 0 saturated heterocycles. The molecule has 0 aliphatic rings. The normalized spacial score (nSPS) is 10.9. The Morgan fingerprint density at radius 1 is 1.45 bits per heavy atom. The van der Waals surface area contributed by atoms with Crippen LogP contribution in [0.5, 0.6) is 5.75 Å². The zero-order chi connectivity index (χ0) is 14.9. The van der Waals surface area contributed by atoms with E-state index >= 15 is 0 Å². The summed E-state index contributed by atoms with van der Waals surface area (Å²) in [7, 11) is 1.51. The first-order valence-corrected chi connectivity index (χ1v) is 7.24. The molecule has 0 N–H and O–H groups in total. The lowest BCUT2D eigenvalue weighted by molar-refractivity contribution is 0.102. The highest BCUT2D eigenvalue weighted by Crippen LogP contribution is 2.28. The third kappa shape index (κ3) is 2.74. The molecule has 0 atom stereocenters. The summed E-state index contributed by atoms with van der Waals surface area (Å²) in [6.45, 7) is 3.90. The molecule has 1 aromatic carbocycles. The van der Waals surface area contributed by atoms with Crippen molar-refractivity contribution in [1.82, 2.24) is 9.78 Å². The molecule has 0 aliphatic carbocycles. The Balaban J connectivity index is 2.58. The zero-order valence-corrected chi connectivity index (χ0v) is 13.7. The van der Waals surface area contributed by atoms with E-state index in [0.717, 1.165) is 4.47 Å². The average Bonchev–Trinajstić information content (AvgIpc) is 2.84. The number of ketones is 1. The monoisotopic (exact) mass is 356 g/mol. The molecule has 0 saturated carbocycles. The van der Waals surface area contributed by atoms with Gasteiger partial charge in [0.15, 0.2) is 11.4 Å². The summed E-state index contributed by atoms with van der Waals surface area (Å²) in [6, 6.07) is 5.21. The largest absolute Gasteiger partial charge is 0.493 e. The molecule has 6 heteroatoms. The van der Waals surface area contributed by atoms with Gasteiger partial charge in [-0.15, -0.1) is 0 Å². The molecule has 4 nitrogen and oxygen atoms in total. The zero-order valence-electron chi connectivity index (χ0n) is 11.4. The maximum atomic E-state index is 12.7. The molecular formula is C14H14BrClN2O2. The highest BCUT2D eigenvalue weighted by molar-refractivity contribution is 9.10. The van der Waals surface area contributed by atoms with Crippen LogP contribution in [-0.4, -0.2) is 22.7 Å². The number of carbonyl (C=O) groups is 1. The van der Waals surface area contributed by atoms with Crippen LogP contribution in [0.4, 0.5) is 0 Å². The van der Waals surface area contributed by atoms with E-state index in [2.05, 4.69) is 21.0 Å². The van der Waals surface area contributed by atoms with Crippen molar-refractivity contribution in [2.75, 3.05) is 7.11 Å². The summed E-state index contributed by atoms with van der Waals surface area (Å²) in [5, 5.41) is 4.60. The molecule has 0 radical (unpaired) electrons. The van der Waals surface area contributed by atoms with E-state index in [1.807, 2.05) is 13.8 Å². The lowest BCUT2D eigenvalue weighted by atomic mass is 10.1. The molecule has 106 valence electrons. The maximum absolute atomic E-state index is 12.7. The van der Waals surface area contributed by atoms with Crippen LogP contribution in [-0.2, 0) is 0 Å². The Morgan fingerprint density at radius 2 is 2.15 bits per heavy atom. The van der Waals surface area contributed by atoms with Crippen LogP contribution in [0.2, 0.25) is 5.02 Å². The van der Waals surface area contributed by atoms with E-state index in [9.17, 15) is 4.79 Å². The number of benzene rings is 1. The molecule has 0 unspecified atom stereocenters. The van der Waals surface area contributed by atoms with Crippen molar-refractivity contribution in [3.05, 3.63) is 45.1 Å². The topological polar surface area (TPSA) is 44.1 Å². The molecule has 0 bridgehead atoms. The lowest BCUT2D eigenvalue weighted by Gasteiger charge is -2.12. The van der Waals surface area contributed by atoms with Crippen LogP contribution >= 0.6 is 27.5 Å². The van der Waals surface area contributed by atoms with Crippen molar-refractivity contribution in [1.29, 1.82) is 0 Å². The van der Waals surface area contributed by atoms with Gasteiger partial charge in [-0.25, -0.2) is 0 Å². The van der Waals surface area contributed by atoms with Crippen molar-refractivity contribution in [2.24, 2.45) is 0 Å². The third-order valence-corrected chi connectivity index (χ3v) is 3.68. The predicted octanol–water partition coefficient (Wildman–Crippen LogP) is 4.12. The van der Waals surface area contributed by atoms with Gasteiger partial charge < -0.3 is 4.74 Å². The Bertz CT molecular complexity index is 653. The van der Waals surface area contributed by atoms with Crippen LogP contribution < -0.4 is 4.74 Å². The van der Waals surface area contributed by atoms with E-state index in [4.69, 9.17) is 16.3 Å². The molecule has 0 amide bonds. The lowest BCUT2D eigenvalue weighted by Crippen LogP contribution is -2.14. The van der Waals surface area contributed by atoms with Gasteiger partial charge in [0.1, 0.15) is 0 Å². The summed E-state index contributed by atoms with van der Waals surface area (Å²) in [4.78, 5) is 12.7. The minimum Gasteiger partial charge on any atom is -0.493 e. The molecule has 2 rings (SSSR count). The SMILES string of the molecule is COc1cnn(C(C)C)c1C(=O)c1cc(Br)ccc1Cl. The van der Waals surface area contributed by atoms with Crippen molar-refractivity contribution in [2.45, 2.75) is 19.9 Å². The number of halogens is 2. The van der Waals surface area contributed by atoms with Crippen LogP contribution in [0.15, 0.2) is 28.9 Å². The van der Waals surface area contributed by atoms with E-state index in [-0.39, 0.29) is 11.8 Å². The molecule has 0 aliphatic heterocycles. The fourth-order valence-electron chi connectivity index (χ4n) is 1.90. The Labute approximate surface area is 130 Å². The third-order valence-electron chi connectivity index (χ3n) is 2.86. The fraction of sp³-hybridized carbons (Fsp3) is 0.286. The minimum atomic E-state index is -0.209. The van der Waals surface area contributed by atoms with Crippen molar-refractivity contribution >= 4 is 33.3 Å². The Kier molecular flexibility index (Phi) is 4.50. The molecule has 0 spiro atoms. The summed E-state index contributed by atoms with van der Waals surface area (Å²) in [5.41, 5.74) is 0.823. The van der Waals surface area contributed by atoms with Crippen LogP contribution in [0.1, 0.15) is 35.9 Å². The van der Waals surface area contributed by atoms with Gasteiger partial charge in [0, 0.05) is 16.1 Å². The number of hydrogen-bond donors (Lipinski definition) is 0. The van der Waals surface area contributed by atoms with Gasteiger partial charge in [0.25, 0.3) is 0 Å². The minimum absolute atomic E-state index is 0.0452. The van der Waals surface area contributed by atoms with Gasteiger partial charge in [-0.1, -0.05) is 27.5 Å². The van der Waals surface area contributed by atoms with Crippen molar-refractivity contribution in [3.63, 3.8) is 0 Å². The highest BCUT2D eigenvalue weighted by atomic mass is 79.9. The smallest absolute Gasteiger partial charge is 0.216 e. The van der Waals surface area contributed by atoms with Gasteiger partial charge in [0.2, 0.25) is 5.78 Å².